The van der Waals surface area contributed by atoms with E-state index in [0.717, 1.165) is 24.9 Å². The van der Waals surface area contributed by atoms with Crippen molar-refractivity contribution in [2.45, 2.75) is 27.7 Å². The maximum atomic E-state index is 4.37. The molecule has 0 saturated carbocycles. The summed E-state index contributed by atoms with van der Waals surface area (Å²) in [7, 11) is 0. The zero-order chi connectivity index (χ0) is 7.28. The molecule has 0 unspecified atom stereocenters. The predicted molar refractivity (Wildman–Crippen MR) is 42.8 cm³/mol. The second-order valence-electron chi connectivity index (χ2n) is 3.38. The Hall–Kier alpha value is 1.25. The van der Waals surface area contributed by atoms with Gasteiger partial charge in [0, 0.05) is 0 Å². The zero-order valence-corrected chi connectivity index (χ0v) is 11.3. The summed E-state index contributed by atoms with van der Waals surface area (Å²) in [5.41, 5.74) is 0. The van der Waals surface area contributed by atoms with Gasteiger partial charge in [0.25, 0.3) is 0 Å². The summed E-state index contributed by atoms with van der Waals surface area (Å²) in [6.07, 6.45) is 0. The molecule has 0 rings (SSSR count). The number of hydrogen-bond donors (Lipinski definition) is 0. The van der Waals surface area contributed by atoms with E-state index in [4.69, 9.17) is 0 Å². The summed E-state index contributed by atoms with van der Waals surface area (Å²) in [6, 6.07) is 0. The van der Waals surface area contributed by atoms with Crippen molar-refractivity contribution in [1.29, 1.82) is 0 Å². The SMILES string of the molecule is CC(C)C[N-]CC(C)C.[Cl-].[Cl-].[Ti+3]. The first-order chi connectivity index (χ1) is 4.13. The molecule has 0 spiro atoms. The summed E-state index contributed by atoms with van der Waals surface area (Å²) in [5, 5.41) is 4.37. The molecule has 0 atom stereocenters. The van der Waals surface area contributed by atoms with Gasteiger partial charge in [-0.05, 0) is 0 Å². The van der Waals surface area contributed by atoms with Crippen molar-refractivity contribution in [2.24, 2.45) is 11.8 Å². The van der Waals surface area contributed by atoms with E-state index in [0.29, 0.717) is 0 Å². The smallest absolute Gasteiger partial charge is 1.00 e. The van der Waals surface area contributed by atoms with Gasteiger partial charge < -0.3 is 30.1 Å². The molecule has 1 nitrogen and oxygen atoms in total. The van der Waals surface area contributed by atoms with Crippen LogP contribution in [0.1, 0.15) is 27.7 Å². The Labute approximate surface area is 104 Å². The molecule has 0 saturated heterocycles. The van der Waals surface area contributed by atoms with E-state index in [2.05, 4.69) is 33.0 Å². The van der Waals surface area contributed by atoms with E-state index in [1.54, 1.807) is 0 Å². The summed E-state index contributed by atoms with van der Waals surface area (Å²) in [4.78, 5) is 0. The fraction of sp³-hybridized carbons (Fsp3) is 1.00. The first-order valence-electron chi connectivity index (χ1n) is 3.76. The van der Waals surface area contributed by atoms with Crippen LogP contribution in [0.15, 0.2) is 0 Å². The Morgan fingerprint density at radius 2 is 1.08 bits per heavy atom. The first-order valence-corrected chi connectivity index (χ1v) is 3.76. The average molecular weight is 247 g/mol. The Morgan fingerprint density at radius 3 is 1.25 bits per heavy atom. The Bertz CT molecular complexity index is 62.1. The fourth-order valence-electron chi connectivity index (χ4n) is 0.591. The second-order valence-corrected chi connectivity index (χ2v) is 3.38. The van der Waals surface area contributed by atoms with E-state index >= 15 is 0 Å². The third-order valence-electron chi connectivity index (χ3n) is 0.988. The van der Waals surface area contributed by atoms with Crippen LogP contribution < -0.4 is 24.8 Å². The Balaban J connectivity index is -0.000000107. The monoisotopic (exact) mass is 246 g/mol. The van der Waals surface area contributed by atoms with Crippen LogP contribution in [0.3, 0.4) is 0 Å². The molecule has 0 aliphatic carbocycles. The van der Waals surface area contributed by atoms with Crippen molar-refractivity contribution in [1.82, 2.24) is 0 Å². The van der Waals surface area contributed by atoms with Gasteiger partial charge in [0.2, 0.25) is 0 Å². The van der Waals surface area contributed by atoms with Crippen LogP contribution in [-0.2, 0) is 21.7 Å². The molecule has 0 heterocycles. The van der Waals surface area contributed by atoms with Crippen LogP contribution in [0.2, 0.25) is 0 Å². The van der Waals surface area contributed by atoms with Crippen LogP contribution in [0.4, 0.5) is 0 Å². The number of nitrogens with zero attached hydrogens (tertiary/aromatic N) is 1. The van der Waals surface area contributed by atoms with Gasteiger partial charge in [0.1, 0.15) is 0 Å². The van der Waals surface area contributed by atoms with Crippen molar-refractivity contribution in [2.75, 3.05) is 13.1 Å². The molecule has 73 valence electrons. The molecule has 0 aromatic rings. The molecule has 4 heteroatoms. The molecular formula is C8H18Cl2NTi. The third-order valence-corrected chi connectivity index (χ3v) is 0.988. The van der Waals surface area contributed by atoms with Crippen LogP contribution in [0.5, 0.6) is 0 Å². The van der Waals surface area contributed by atoms with Crippen LogP contribution in [-0.4, -0.2) is 13.1 Å². The Kier molecular flexibility index (Phi) is 28.6. The van der Waals surface area contributed by atoms with E-state index < -0.39 is 0 Å². The third kappa shape index (κ3) is 22.5. The molecule has 0 fully saturated rings. The predicted octanol–water partition coefficient (Wildman–Crippen LogP) is -3.32. The number of hydrogen-bond acceptors (Lipinski definition) is 0. The van der Waals surface area contributed by atoms with Gasteiger partial charge in [-0.25, -0.2) is 0 Å². The van der Waals surface area contributed by atoms with Gasteiger partial charge in [0.05, 0.1) is 0 Å². The van der Waals surface area contributed by atoms with Gasteiger partial charge in [-0.2, -0.15) is 0 Å². The maximum absolute atomic E-state index is 4.37. The molecule has 12 heavy (non-hydrogen) atoms. The molecule has 0 bridgehead atoms. The van der Waals surface area contributed by atoms with Gasteiger partial charge in [-0.15, -0.1) is 13.1 Å². The fourth-order valence-corrected chi connectivity index (χ4v) is 0.591. The van der Waals surface area contributed by atoms with Crippen molar-refractivity contribution < 1.29 is 46.5 Å². The minimum atomic E-state index is 0. The molecular weight excluding hydrogens is 229 g/mol. The topological polar surface area (TPSA) is 14.1 Å². The van der Waals surface area contributed by atoms with E-state index in [1.807, 2.05) is 0 Å². The van der Waals surface area contributed by atoms with Crippen molar-refractivity contribution in [3.8, 4) is 0 Å². The Morgan fingerprint density at radius 1 is 0.833 bits per heavy atom. The van der Waals surface area contributed by atoms with Gasteiger partial charge in [-0.1, -0.05) is 39.5 Å². The standard InChI is InChI=1S/C8H18N.2ClH.Ti/c1-7(2)5-9-6-8(3)4;;;/h7-8H,5-6H2,1-4H3;2*1H;/q-1;;;+3/p-2. The minimum Gasteiger partial charge on any atom is -1.00 e. The molecule has 0 aromatic carbocycles. The maximum Gasteiger partial charge on any atom is 3.00 e. The minimum absolute atomic E-state index is 0. The zero-order valence-electron chi connectivity index (χ0n) is 8.27. The molecule has 0 aliphatic rings. The van der Waals surface area contributed by atoms with Gasteiger partial charge in [0.15, 0.2) is 0 Å². The molecule has 0 N–H and O–H groups in total. The molecule has 0 aliphatic heterocycles. The van der Waals surface area contributed by atoms with Crippen LogP contribution in [0, 0.1) is 11.8 Å². The van der Waals surface area contributed by atoms with Crippen molar-refractivity contribution in [3.63, 3.8) is 0 Å². The molecule has 0 aromatic heterocycles. The molecule has 0 amide bonds. The first kappa shape index (κ1) is 23.2. The van der Waals surface area contributed by atoms with Crippen LogP contribution in [0.25, 0.3) is 5.32 Å². The summed E-state index contributed by atoms with van der Waals surface area (Å²) < 4.78 is 0. The van der Waals surface area contributed by atoms with E-state index in [1.165, 1.54) is 0 Å². The second kappa shape index (κ2) is 14.8. The number of rotatable bonds is 4. The van der Waals surface area contributed by atoms with Crippen molar-refractivity contribution >= 4 is 0 Å². The van der Waals surface area contributed by atoms with Gasteiger partial charge in [-0.3, -0.25) is 0 Å². The van der Waals surface area contributed by atoms with E-state index in [-0.39, 0.29) is 46.5 Å². The summed E-state index contributed by atoms with van der Waals surface area (Å²) in [5.74, 6) is 1.45. The number of halogens is 2. The van der Waals surface area contributed by atoms with Crippen molar-refractivity contribution in [3.05, 3.63) is 5.32 Å². The molecule has 1 radical (unpaired) electrons. The van der Waals surface area contributed by atoms with Crippen LogP contribution >= 0.6 is 0 Å². The normalized spacial score (nSPS) is 8.50. The summed E-state index contributed by atoms with van der Waals surface area (Å²) in [6.45, 7) is 10.8. The summed E-state index contributed by atoms with van der Waals surface area (Å²) >= 11 is 0. The van der Waals surface area contributed by atoms with E-state index in [9.17, 15) is 0 Å². The average Bonchev–Trinajstić information content (AvgIpc) is 1.63. The largest absolute Gasteiger partial charge is 3.00 e. The van der Waals surface area contributed by atoms with Gasteiger partial charge >= 0.3 is 21.7 Å². The quantitative estimate of drug-likeness (QED) is 0.462.